The fourth-order valence-corrected chi connectivity index (χ4v) is 2.53. The molecule has 0 spiro atoms. The summed E-state index contributed by atoms with van der Waals surface area (Å²) in [7, 11) is -0.849. The fourth-order valence-electron chi connectivity index (χ4n) is 1.88. The normalized spacial score (nSPS) is 13.4. The minimum Gasteiger partial charge on any atom is -0.423 e. The first-order chi connectivity index (χ1) is 9.22. The molecule has 2 aromatic rings. The van der Waals surface area contributed by atoms with Crippen LogP contribution in [0.3, 0.4) is 0 Å². The highest BCUT2D eigenvalue weighted by Gasteiger charge is 2.27. The molecule has 0 atom stereocenters. The van der Waals surface area contributed by atoms with E-state index in [1.54, 1.807) is 6.20 Å². The number of aromatic amines is 1. The van der Waals surface area contributed by atoms with Crippen molar-refractivity contribution in [1.29, 1.82) is 0 Å². The maximum absolute atomic E-state index is 11.2. The molecule has 1 aliphatic rings. The van der Waals surface area contributed by atoms with Crippen LogP contribution in [0.15, 0.2) is 46.3 Å². The van der Waals surface area contributed by atoms with Gasteiger partial charge in [0.15, 0.2) is 5.43 Å². The van der Waals surface area contributed by atoms with E-state index in [2.05, 4.69) is 9.71 Å². The third-order valence-corrected chi connectivity index (χ3v) is 3.63. The Bertz CT molecular complexity index is 661. The molecule has 1 aliphatic heterocycles. The number of pyridine rings is 1. The fraction of sp³-hybridized carbons (Fsp3) is 0.0833. The summed E-state index contributed by atoms with van der Waals surface area (Å²) >= 11 is 1.31. The SMILES string of the molecule is O=c1cc[nH]c(SNc2ccc3c(c2)B(O)OC3)c1. The molecular weight excluding hydrogens is 263 g/mol. The van der Waals surface area contributed by atoms with Crippen molar-refractivity contribution in [2.24, 2.45) is 0 Å². The van der Waals surface area contributed by atoms with E-state index < -0.39 is 7.12 Å². The molecule has 19 heavy (non-hydrogen) atoms. The maximum atomic E-state index is 11.2. The van der Waals surface area contributed by atoms with Gasteiger partial charge in [0.2, 0.25) is 0 Å². The topological polar surface area (TPSA) is 74.4 Å². The van der Waals surface area contributed by atoms with Crippen molar-refractivity contribution in [3.8, 4) is 0 Å². The van der Waals surface area contributed by atoms with E-state index in [-0.39, 0.29) is 5.43 Å². The van der Waals surface area contributed by atoms with Crippen LogP contribution in [0.2, 0.25) is 0 Å². The van der Waals surface area contributed by atoms with Crippen LogP contribution in [0.1, 0.15) is 5.56 Å². The minimum absolute atomic E-state index is 0.0409. The molecule has 0 saturated heterocycles. The summed E-state index contributed by atoms with van der Waals surface area (Å²) in [6.07, 6.45) is 1.60. The Hall–Kier alpha value is -1.70. The predicted octanol–water partition coefficient (Wildman–Crippen LogP) is 0.712. The Morgan fingerprint density at radius 2 is 2.26 bits per heavy atom. The Morgan fingerprint density at radius 3 is 3.11 bits per heavy atom. The number of nitrogens with one attached hydrogen (secondary N) is 2. The van der Waals surface area contributed by atoms with Crippen molar-refractivity contribution < 1.29 is 9.68 Å². The smallest absolute Gasteiger partial charge is 0.423 e. The van der Waals surface area contributed by atoms with Gasteiger partial charge < -0.3 is 19.4 Å². The van der Waals surface area contributed by atoms with Crippen molar-refractivity contribution in [1.82, 2.24) is 4.98 Å². The number of H-pyrrole nitrogens is 1. The van der Waals surface area contributed by atoms with Crippen molar-refractivity contribution >= 4 is 30.2 Å². The van der Waals surface area contributed by atoms with Crippen LogP contribution in [-0.4, -0.2) is 17.1 Å². The first kappa shape index (κ1) is 12.3. The van der Waals surface area contributed by atoms with Gasteiger partial charge in [-0.1, -0.05) is 6.07 Å². The number of fused-ring (bicyclic) bond motifs is 1. The first-order valence-corrected chi connectivity index (χ1v) is 6.58. The summed E-state index contributed by atoms with van der Waals surface area (Å²) in [6.45, 7) is 0.440. The third kappa shape index (κ3) is 2.68. The Labute approximate surface area is 114 Å². The van der Waals surface area contributed by atoms with Crippen LogP contribution >= 0.6 is 11.9 Å². The molecule has 3 N–H and O–H groups in total. The molecular formula is C12H11BN2O3S. The lowest BCUT2D eigenvalue weighted by molar-refractivity contribution is 0.275. The second kappa shape index (κ2) is 5.12. The molecule has 2 heterocycles. The van der Waals surface area contributed by atoms with Crippen LogP contribution in [0.4, 0.5) is 5.69 Å². The zero-order valence-electron chi connectivity index (χ0n) is 9.92. The summed E-state index contributed by atoms with van der Waals surface area (Å²) in [5.41, 5.74) is 2.59. The van der Waals surface area contributed by atoms with Crippen LogP contribution in [0, 0.1) is 0 Å². The number of benzene rings is 1. The Balaban J connectivity index is 1.74. The van der Waals surface area contributed by atoms with Crippen LogP contribution < -0.4 is 15.6 Å². The molecule has 0 bridgehead atoms. The predicted molar refractivity (Wildman–Crippen MR) is 75.4 cm³/mol. The lowest BCUT2D eigenvalue weighted by atomic mass is 9.79. The van der Waals surface area contributed by atoms with E-state index in [0.29, 0.717) is 6.61 Å². The molecule has 3 rings (SSSR count). The van der Waals surface area contributed by atoms with E-state index in [9.17, 15) is 9.82 Å². The highest BCUT2D eigenvalue weighted by atomic mass is 32.2. The van der Waals surface area contributed by atoms with Crippen LogP contribution in [0.25, 0.3) is 0 Å². The van der Waals surface area contributed by atoms with E-state index in [1.165, 1.54) is 24.1 Å². The first-order valence-electron chi connectivity index (χ1n) is 5.76. The van der Waals surface area contributed by atoms with Crippen LogP contribution in [-0.2, 0) is 11.3 Å². The highest BCUT2D eigenvalue weighted by molar-refractivity contribution is 8.00. The van der Waals surface area contributed by atoms with Crippen molar-refractivity contribution in [3.05, 3.63) is 52.3 Å². The van der Waals surface area contributed by atoms with Gasteiger partial charge in [0.25, 0.3) is 0 Å². The van der Waals surface area contributed by atoms with Gasteiger partial charge in [-0.05, 0) is 23.2 Å². The number of aromatic nitrogens is 1. The second-order valence-electron chi connectivity index (χ2n) is 4.17. The van der Waals surface area contributed by atoms with E-state index in [4.69, 9.17) is 4.65 Å². The molecule has 0 fully saturated rings. The zero-order chi connectivity index (χ0) is 13.2. The third-order valence-electron chi connectivity index (χ3n) is 2.83. The van der Waals surface area contributed by atoms with E-state index in [0.717, 1.165) is 21.7 Å². The molecule has 96 valence electrons. The van der Waals surface area contributed by atoms with Gasteiger partial charge in [0.05, 0.1) is 11.6 Å². The molecule has 0 radical (unpaired) electrons. The quantitative estimate of drug-likeness (QED) is 0.568. The summed E-state index contributed by atoms with van der Waals surface area (Å²) in [5, 5.41) is 10.3. The van der Waals surface area contributed by atoms with Crippen LogP contribution in [0.5, 0.6) is 0 Å². The molecule has 7 heteroatoms. The van der Waals surface area contributed by atoms with Gasteiger partial charge in [0, 0.05) is 36.0 Å². The lowest BCUT2D eigenvalue weighted by Crippen LogP contribution is -2.28. The average molecular weight is 274 g/mol. The molecule has 0 aliphatic carbocycles. The van der Waals surface area contributed by atoms with Gasteiger partial charge in [-0.25, -0.2) is 0 Å². The zero-order valence-corrected chi connectivity index (χ0v) is 10.7. The van der Waals surface area contributed by atoms with Gasteiger partial charge in [-0.2, -0.15) is 0 Å². The molecule has 5 nitrogen and oxygen atoms in total. The minimum atomic E-state index is -0.849. The number of anilines is 1. The van der Waals surface area contributed by atoms with Crippen molar-refractivity contribution in [2.75, 3.05) is 4.72 Å². The molecule has 1 aromatic carbocycles. The highest BCUT2D eigenvalue weighted by Crippen LogP contribution is 2.20. The standard InChI is InChI=1S/C12H11BN2O3S/c16-10-3-4-14-12(6-10)19-15-9-2-1-8-7-18-13(17)11(8)5-9/h1-6,15,17H,7H2,(H,14,16). The summed E-state index contributed by atoms with van der Waals surface area (Å²) < 4.78 is 8.25. The van der Waals surface area contributed by atoms with Gasteiger partial charge >= 0.3 is 7.12 Å². The molecule has 0 saturated carbocycles. The summed E-state index contributed by atoms with van der Waals surface area (Å²) in [4.78, 5) is 14.2. The van der Waals surface area contributed by atoms with E-state index in [1.807, 2.05) is 18.2 Å². The largest absolute Gasteiger partial charge is 0.491 e. The maximum Gasteiger partial charge on any atom is 0.491 e. The lowest BCUT2D eigenvalue weighted by Gasteiger charge is -2.07. The monoisotopic (exact) mass is 274 g/mol. The van der Waals surface area contributed by atoms with Gasteiger partial charge in [-0.3, -0.25) is 4.79 Å². The van der Waals surface area contributed by atoms with Gasteiger partial charge in [0.1, 0.15) is 0 Å². The molecule has 0 amide bonds. The number of hydrogen-bond acceptors (Lipinski definition) is 5. The molecule has 1 aromatic heterocycles. The van der Waals surface area contributed by atoms with Crippen molar-refractivity contribution in [2.45, 2.75) is 11.6 Å². The summed E-state index contributed by atoms with van der Waals surface area (Å²) in [5.74, 6) is 0. The average Bonchev–Trinajstić information content (AvgIpc) is 2.78. The number of hydrogen-bond donors (Lipinski definition) is 3. The molecule has 0 unspecified atom stereocenters. The van der Waals surface area contributed by atoms with Gasteiger partial charge in [-0.15, -0.1) is 0 Å². The summed E-state index contributed by atoms with van der Waals surface area (Å²) in [6, 6.07) is 8.66. The number of rotatable bonds is 3. The van der Waals surface area contributed by atoms with Crippen molar-refractivity contribution in [3.63, 3.8) is 0 Å². The Morgan fingerprint density at radius 1 is 1.37 bits per heavy atom. The van der Waals surface area contributed by atoms with E-state index >= 15 is 0 Å². The second-order valence-corrected chi connectivity index (χ2v) is 5.02. The Kier molecular flexibility index (Phi) is 3.33.